The van der Waals surface area contributed by atoms with Crippen molar-refractivity contribution in [3.8, 4) is 0 Å². The van der Waals surface area contributed by atoms with Crippen LogP contribution < -0.4 is 11.1 Å². The number of benzene rings is 1. The second-order valence-electron chi connectivity index (χ2n) is 8.99. The minimum atomic E-state index is 0.809. The molecule has 3 N–H and O–H groups in total. The molecule has 1 fully saturated rings. The van der Waals surface area contributed by atoms with Gasteiger partial charge < -0.3 is 16.0 Å². The van der Waals surface area contributed by atoms with E-state index >= 15 is 0 Å². The number of piperidine rings is 1. The van der Waals surface area contributed by atoms with Gasteiger partial charge in [0, 0.05) is 42.3 Å². The molecule has 0 saturated carbocycles. The first kappa shape index (κ1) is 24.8. The monoisotopic (exact) mass is 444 g/mol. The third-order valence-corrected chi connectivity index (χ3v) is 6.44. The van der Waals surface area contributed by atoms with Crippen LogP contribution in [0.1, 0.15) is 63.1 Å². The minimum Gasteiger partial charge on any atom is -0.404 e. The molecule has 0 aliphatic carbocycles. The quantitative estimate of drug-likeness (QED) is 0.470. The van der Waals surface area contributed by atoms with E-state index in [4.69, 9.17) is 5.73 Å². The fourth-order valence-electron chi connectivity index (χ4n) is 4.65. The van der Waals surface area contributed by atoms with Gasteiger partial charge in [-0.25, -0.2) is 0 Å². The van der Waals surface area contributed by atoms with Crippen molar-refractivity contribution in [2.75, 3.05) is 26.2 Å². The number of nitrogens with two attached hydrogens (primary N) is 1. The molecule has 4 heteroatoms. The molecule has 0 bridgehead atoms. The lowest BCUT2D eigenvalue weighted by atomic mass is 9.90. The highest BCUT2D eigenvalue weighted by Crippen LogP contribution is 2.28. The van der Waals surface area contributed by atoms with E-state index in [-0.39, 0.29) is 0 Å². The van der Waals surface area contributed by atoms with Crippen LogP contribution in [0.25, 0.3) is 11.6 Å². The Labute approximate surface area is 200 Å². The molecule has 0 amide bonds. The Morgan fingerprint density at radius 3 is 2.70 bits per heavy atom. The summed E-state index contributed by atoms with van der Waals surface area (Å²) in [5.74, 6) is 0. The van der Waals surface area contributed by atoms with Gasteiger partial charge in [-0.1, -0.05) is 50.3 Å². The summed E-state index contributed by atoms with van der Waals surface area (Å²) in [5.41, 5.74) is 15.5. The Bertz CT molecular complexity index is 985. The van der Waals surface area contributed by atoms with Crippen molar-refractivity contribution >= 4 is 17.9 Å². The average Bonchev–Trinajstić information content (AvgIpc) is 2.82. The van der Waals surface area contributed by atoms with Crippen LogP contribution in [0.4, 0.5) is 0 Å². The van der Waals surface area contributed by atoms with Gasteiger partial charge in [0.05, 0.1) is 6.54 Å². The molecule has 33 heavy (non-hydrogen) atoms. The molecule has 1 aromatic carbocycles. The molecular weight excluding hydrogens is 404 g/mol. The zero-order valence-electron chi connectivity index (χ0n) is 20.7. The number of aliphatic imine (C=N–C) groups is 1. The predicted molar refractivity (Wildman–Crippen MR) is 144 cm³/mol. The Hall–Kier alpha value is -2.85. The Morgan fingerprint density at radius 1 is 1.21 bits per heavy atom. The molecule has 176 valence electrons. The van der Waals surface area contributed by atoms with E-state index in [9.17, 15) is 0 Å². The molecule has 3 rings (SSSR count). The van der Waals surface area contributed by atoms with Gasteiger partial charge in [0.1, 0.15) is 0 Å². The maximum absolute atomic E-state index is 6.01. The van der Waals surface area contributed by atoms with Crippen LogP contribution in [0.5, 0.6) is 0 Å². The standard InChI is InChI=1S/C29H40N4/c1-5-10-29-28(22(3)17-23(4)32-29)19-26-18-25(12-11-24(26)6-2)27(20-30)21-31-13-16-33-14-8-7-9-15-33/h6,10-12,17-18,20-21,32H,2,5,7-9,13-16,19,30H2,1,3-4H3/b27-20?,29-10-,31-21?. The van der Waals surface area contributed by atoms with Gasteiger partial charge in [-0.15, -0.1) is 0 Å². The van der Waals surface area contributed by atoms with E-state index in [0.717, 1.165) is 42.6 Å². The van der Waals surface area contributed by atoms with Gasteiger partial charge in [0.2, 0.25) is 0 Å². The molecule has 0 atom stereocenters. The number of likely N-dealkylation sites (tertiary alicyclic amines) is 1. The van der Waals surface area contributed by atoms with Crippen LogP contribution in [0.2, 0.25) is 0 Å². The van der Waals surface area contributed by atoms with Crippen molar-refractivity contribution in [3.05, 3.63) is 82.4 Å². The van der Waals surface area contributed by atoms with Crippen LogP contribution in [0, 0.1) is 0 Å². The summed E-state index contributed by atoms with van der Waals surface area (Å²) in [6, 6.07) is 6.49. The lowest BCUT2D eigenvalue weighted by Crippen LogP contribution is -2.31. The first-order chi connectivity index (χ1) is 16.0. The highest BCUT2D eigenvalue weighted by Gasteiger charge is 2.16. The summed E-state index contributed by atoms with van der Waals surface area (Å²) in [6.07, 6.45) is 15.8. The molecule has 1 saturated heterocycles. The normalized spacial score (nSPS) is 19.2. The molecule has 0 aromatic heterocycles. The summed E-state index contributed by atoms with van der Waals surface area (Å²) in [7, 11) is 0. The van der Waals surface area contributed by atoms with Crippen molar-refractivity contribution in [1.29, 1.82) is 0 Å². The number of allylic oxidation sites excluding steroid dienone is 6. The number of rotatable bonds is 9. The minimum absolute atomic E-state index is 0.809. The summed E-state index contributed by atoms with van der Waals surface area (Å²) in [5, 5.41) is 3.55. The molecular formula is C29H40N4. The molecule has 2 aliphatic heterocycles. The topological polar surface area (TPSA) is 53.6 Å². The van der Waals surface area contributed by atoms with E-state index in [0.29, 0.717) is 0 Å². The van der Waals surface area contributed by atoms with Crippen molar-refractivity contribution in [2.24, 2.45) is 10.7 Å². The van der Waals surface area contributed by atoms with Crippen LogP contribution in [-0.4, -0.2) is 37.3 Å². The van der Waals surface area contributed by atoms with E-state index in [1.54, 1.807) is 6.20 Å². The number of nitrogens with zero attached hydrogens (tertiary/aromatic N) is 2. The van der Waals surface area contributed by atoms with Gasteiger partial charge in [-0.05, 0) is 80.1 Å². The van der Waals surface area contributed by atoms with Crippen LogP contribution in [0.15, 0.2) is 70.7 Å². The summed E-state index contributed by atoms with van der Waals surface area (Å²) >= 11 is 0. The summed E-state index contributed by atoms with van der Waals surface area (Å²) < 4.78 is 0. The maximum atomic E-state index is 6.01. The summed E-state index contributed by atoms with van der Waals surface area (Å²) in [6.45, 7) is 14.8. The molecule has 4 nitrogen and oxygen atoms in total. The van der Waals surface area contributed by atoms with Crippen molar-refractivity contribution in [1.82, 2.24) is 10.2 Å². The predicted octanol–water partition coefficient (Wildman–Crippen LogP) is 5.85. The van der Waals surface area contributed by atoms with E-state index in [1.165, 1.54) is 60.5 Å². The van der Waals surface area contributed by atoms with Gasteiger partial charge in [0.15, 0.2) is 0 Å². The van der Waals surface area contributed by atoms with Crippen molar-refractivity contribution in [2.45, 2.75) is 52.9 Å². The van der Waals surface area contributed by atoms with E-state index in [1.807, 2.05) is 12.3 Å². The molecule has 0 unspecified atom stereocenters. The SMILES string of the molecule is C=Cc1ccc(C(C=NCCN2CCCCC2)=CN)cc1CC1=C(C)C=C(C)N/C1=C\CC. The van der Waals surface area contributed by atoms with Gasteiger partial charge in [0.25, 0.3) is 0 Å². The van der Waals surface area contributed by atoms with Gasteiger partial charge in [-0.3, -0.25) is 4.99 Å². The van der Waals surface area contributed by atoms with Crippen LogP contribution in [-0.2, 0) is 6.42 Å². The molecule has 2 heterocycles. The first-order valence-electron chi connectivity index (χ1n) is 12.3. The molecule has 0 spiro atoms. The number of dihydropyridines is 1. The molecule has 2 aliphatic rings. The third kappa shape index (κ3) is 6.82. The van der Waals surface area contributed by atoms with Crippen molar-refractivity contribution in [3.63, 3.8) is 0 Å². The largest absolute Gasteiger partial charge is 0.404 e. The highest BCUT2D eigenvalue weighted by molar-refractivity contribution is 6.09. The smallest absolute Gasteiger partial charge is 0.0517 e. The Balaban J connectivity index is 1.79. The summed E-state index contributed by atoms with van der Waals surface area (Å²) in [4.78, 5) is 7.20. The lowest BCUT2D eigenvalue weighted by Gasteiger charge is -2.25. The Kier molecular flexibility index (Phi) is 9.32. The zero-order valence-corrected chi connectivity index (χ0v) is 20.7. The fraction of sp³-hybridized carbons (Fsp3) is 0.414. The van der Waals surface area contributed by atoms with Gasteiger partial charge >= 0.3 is 0 Å². The average molecular weight is 445 g/mol. The lowest BCUT2D eigenvalue weighted by molar-refractivity contribution is 0.235. The van der Waals surface area contributed by atoms with Crippen LogP contribution in [0.3, 0.4) is 0 Å². The Morgan fingerprint density at radius 2 is 2.00 bits per heavy atom. The van der Waals surface area contributed by atoms with Crippen LogP contribution >= 0.6 is 0 Å². The van der Waals surface area contributed by atoms with E-state index < -0.39 is 0 Å². The molecule has 0 radical (unpaired) electrons. The highest BCUT2D eigenvalue weighted by atomic mass is 15.1. The van der Waals surface area contributed by atoms with Gasteiger partial charge in [-0.2, -0.15) is 0 Å². The second-order valence-corrected chi connectivity index (χ2v) is 8.99. The fourth-order valence-corrected chi connectivity index (χ4v) is 4.65. The maximum Gasteiger partial charge on any atom is 0.0517 e. The van der Waals surface area contributed by atoms with E-state index in [2.05, 4.69) is 72.9 Å². The molecule has 1 aromatic rings. The second kappa shape index (κ2) is 12.4. The number of nitrogens with one attached hydrogen (secondary N) is 1. The van der Waals surface area contributed by atoms with Crippen molar-refractivity contribution < 1.29 is 0 Å². The number of hydrogen-bond acceptors (Lipinski definition) is 4. The first-order valence-corrected chi connectivity index (χ1v) is 12.3. The zero-order chi connectivity index (χ0) is 23.6. The number of hydrogen-bond donors (Lipinski definition) is 2. The third-order valence-electron chi connectivity index (χ3n) is 6.44.